The maximum atomic E-state index is 11.8. The SMILES string of the molecule is CCc1cccc(CC)c1-c1cc2ccn(Cc3cc(C(C)=O)ccc3OC)c2cn1. The van der Waals surface area contributed by atoms with E-state index in [2.05, 4.69) is 54.9 Å². The fourth-order valence-corrected chi connectivity index (χ4v) is 4.24. The Hall–Kier alpha value is -3.40. The van der Waals surface area contributed by atoms with Gasteiger partial charge < -0.3 is 9.30 Å². The van der Waals surface area contributed by atoms with E-state index in [4.69, 9.17) is 9.72 Å². The van der Waals surface area contributed by atoms with Gasteiger partial charge in [0.05, 0.1) is 31.1 Å². The Morgan fingerprint density at radius 1 is 1.00 bits per heavy atom. The Balaban J connectivity index is 1.75. The van der Waals surface area contributed by atoms with Gasteiger partial charge in [-0.05, 0) is 61.2 Å². The molecule has 0 atom stereocenters. The molecule has 2 heterocycles. The summed E-state index contributed by atoms with van der Waals surface area (Å²) in [5.41, 5.74) is 7.67. The molecular formula is C27H28N2O2. The van der Waals surface area contributed by atoms with Gasteiger partial charge in [0.15, 0.2) is 5.78 Å². The number of carbonyl (C=O) groups is 1. The molecule has 0 saturated heterocycles. The summed E-state index contributed by atoms with van der Waals surface area (Å²) in [5, 5.41) is 1.15. The number of pyridine rings is 1. The van der Waals surface area contributed by atoms with E-state index in [1.165, 1.54) is 16.7 Å². The van der Waals surface area contributed by atoms with Crippen molar-refractivity contribution in [3.63, 3.8) is 0 Å². The number of ether oxygens (including phenoxy) is 1. The molecule has 4 aromatic rings. The van der Waals surface area contributed by atoms with Crippen LogP contribution in [0.4, 0.5) is 0 Å². The van der Waals surface area contributed by atoms with Gasteiger partial charge >= 0.3 is 0 Å². The van der Waals surface area contributed by atoms with Crippen LogP contribution in [-0.2, 0) is 19.4 Å². The van der Waals surface area contributed by atoms with E-state index in [9.17, 15) is 4.79 Å². The molecule has 0 aliphatic carbocycles. The zero-order valence-electron chi connectivity index (χ0n) is 18.6. The average molecular weight is 413 g/mol. The second-order valence-corrected chi connectivity index (χ2v) is 7.81. The topological polar surface area (TPSA) is 44.1 Å². The van der Waals surface area contributed by atoms with Crippen LogP contribution in [0.15, 0.2) is 60.9 Å². The smallest absolute Gasteiger partial charge is 0.159 e. The van der Waals surface area contributed by atoms with E-state index in [0.29, 0.717) is 12.1 Å². The number of rotatable bonds is 7. The lowest BCUT2D eigenvalue weighted by Gasteiger charge is -2.14. The number of nitrogens with zero attached hydrogens (tertiary/aromatic N) is 2. The molecule has 4 rings (SSSR count). The van der Waals surface area contributed by atoms with Gasteiger partial charge in [-0.2, -0.15) is 0 Å². The van der Waals surface area contributed by atoms with Crippen LogP contribution in [0.1, 0.15) is 47.8 Å². The highest BCUT2D eigenvalue weighted by molar-refractivity contribution is 5.94. The van der Waals surface area contributed by atoms with Crippen LogP contribution in [0, 0.1) is 0 Å². The molecule has 31 heavy (non-hydrogen) atoms. The molecule has 0 spiro atoms. The highest BCUT2D eigenvalue weighted by Gasteiger charge is 2.13. The molecule has 0 aliphatic heterocycles. The number of Topliss-reactive ketones (excluding diaryl/α,β-unsaturated/α-hetero) is 1. The highest BCUT2D eigenvalue weighted by atomic mass is 16.5. The maximum absolute atomic E-state index is 11.8. The Morgan fingerprint density at radius 2 is 1.74 bits per heavy atom. The van der Waals surface area contributed by atoms with Crippen LogP contribution in [0.5, 0.6) is 5.75 Å². The van der Waals surface area contributed by atoms with Gasteiger partial charge in [-0.3, -0.25) is 9.78 Å². The lowest BCUT2D eigenvalue weighted by Crippen LogP contribution is -2.03. The molecular weight excluding hydrogens is 384 g/mol. The van der Waals surface area contributed by atoms with Crippen molar-refractivity contribution in [3.8, 4) is 17.0 Å². The Kier molecular flexibility index (Phi) is 5.90. The largest absolute Gasteiger partial charge is 0.496 e. The number of ketones is 1. The molecule has 4 heteroatoms. The van der Waals surface area contributed by atoms with Gasteiger partial charge in [-0.1, -0.05) is 32.0 Å². The number of hydrogen-bond acceptors (Lipinski definition) is 3. The summed E-state index contributed by atoms with van der Waals surface area (Å²) < 4.78 is 7.68. The Morgan fingerprint density at radius 3 is 2.39 bits per heavy atom. The standard InChI is InChI=1S/C27H28N2O2/c1-5-19-8-7-9-20(6-2)27(19)24-15-22-12-13-29(25(22)16-28-24)17-23-14-21(18(3)30)10-11-26(23)31-4/h7-16H,5-6,17H2,1-4H3. The molecule has 0 N–H and O–H groups in total. The van der Waals surface area contributed by atoms with Gasteiger partial charge in [-0.15, -0.1) is 0 Å². The van der Waals surface area contributed by atoms with Crippen LogP contribution in [0.2, 0.25) is 0 Å². The molecule has 0 fully saturated rings. The summed E-state index contributed by atoms with van der Waals surface area (Å²) in [6.45, 7) is 6.58. The normalized spacial score (nSPS) is 11.1. The minimum absolute atomic E-state index is 0.0499. The molecule has 0 unspecified atom stereocenters. The highest BCUT2D eigenvalue weighted by Crippen LogP contribution is 2.30. The third-order valence-electron chi connectivity index (χ3n) is 5.94. The molecule has 158 valence electrons. The van der Waals surface area contributed by atoms with Gasteiger partial charge in [0.2, 0.25) is 0 Å². The fourth-order valence-electron chi connectivity index (χ4n) is 4.24. The third-order valence-corrected chi connectivity index (χ3v) is 5.94. The van der Waals surface area contributed by atoms with Crippen molar-refractivity contribution >= 4 is 16.7 Å². The molecule has 0 saturated carbocycles. The average Bonchev–Trinajstić information content (AvgIpc) is 3.20. The summed E-state index contributed by atoms with van der Waals surface area (Å²) in [7, 11) is 1.66. The molecule has 2 aromatic carbocycles. The van der Waals surface area contributed by atoms with E-state index in [1.807, 2.05) is 24.4 Å². The zero-order chi connectivity index (χ0) is 22.0. The summed E-state index contributed by atoms with van der Waals surface area (Å²) in [6.07, 6.45) is 5.99. The fraction of sp³-hybridized carbons (Fsp3) is 0.259. The van der Waals surface area contributed by atoms with Crippen molar-refractivity contribution < 1.29 is 9.53 Å². The molecule has 0 radical (unpaired) electrons. The first-order chi connectivity index (χ1) is 15.0. The molecule has 0 amide bonds. The first-order valence-electron chi connectivity index (χ1n) is 10.8. The molecule has 4 nitrogen and oxygen atoms in total. The number of methoxy groups -OCH3 is 1. The monoisotopic (exact) mass is 412 g/mol. The van der Waals surface area contributed by atoms with Gasteiger partial charge in [0.1, 0.15) is 5.75 Å². The van der Waals surface area contributed by atoms with Crippen molar-refractivity contribution in [1.82, 2.24) is 9.55 Å². The predicted octanol–water partition coefficient (Wildman–Crippen LogP) is 6.09. The molecule has 2 aromatic heterocycles. The van der Waals surface area contributed by atoms with Gasteiger partial charge in [-0.25, -0.2) is 0 Å². The minimum atomic E-state index is 0.0499. The van der Waals surface area contributed by atoms with Crippen molar-refractivity contribution in [2.45, 2.75) is 40.2 Å². The van der Waals surface area contributed by atoms with Crippen molar-refractivity contribution in [1.29, 1.82) is 0 Å². The quantitative estimate of drug-likeness (QED) is 0.345. The first kappa shape index (κ1) is 20.9. The van der Waals surface area contributed by atoms with Crippen molar-refractivity contribution in [2.75, 3.05) is 7.11 Å². The number of carbonyl (C=O) groups excluding carboxylic acids is 1. The number of aryl methyl sites for hydroxylation is 2. The summed E-state index contributed by atoms with van der Waals surface area (Å²) in [6, 6.07) is 16.4. The summed E-state index contributed by atoms with van der Waals surface area (Å²) >= 11 is 0. The van der Waals surface area contributed by atoms with Crippen molar-refractivity contribution in [3.05, 3.63) is 83.2 Å². The van der Waals surface area contributed by atoms with E-state index in [1.54, 1.807) is 14.0 Å². The van der Waals surface area contributed by atoms with Crippen LogP contribution in [0.25, 0.3) is 22.2 Å². The summed E-state index contributed by atoms with van der Waals surface area (Å²) in [4.78, 5) is 16.7. The Bertz CT molecular complexity index is 1230. The Labute approximate surface area is 183 Å². The van der Waals surface area contributed by atoms with Crippen LogP contribution < -0.4 is 4.74 Å². The van der Waals surface area contributed by atoms with Crippen LogP contribution >= 0.6 is 0 Å². The number of aromatic nitrogens is 2. The van der Waals surface area contributed by atoms with E-state index < -0.39 is 0 Å². The predicted molar refractivity (Wildman–Crippen MR) is 126 cm³/mol. The maximum Gasteiger partial charge on any atom is 0.159 e. The first-order valence-corrected chi connectivity index (χ1v) is 10.8. The van der Waals surface area contributed by atoms with E-state index in [0.717, 1.165) is 40.8 Å². The van der Waals surface area contributed by atoms with Crippen LogP contribution in [-0.4, -0.2) is 22.4 Å². The molecule has 0 aliphatic rings. The van der Waals surface area contributed by atoms with Gasteiger partial charge in [0, 0.05) is 28.3 Å². The van der Waals surface area contributed by atoms with Crippen LogP contribution in [0.3, 0.4) is 0 Å². The second-order valence-electron chi connectivity index (χ2n) is 7.81. The van der Waals surface area contributed by atoms with Gasteiger partial charge in [0.25, 0.3) is 0 Å². The molecule has 0 bridgehead atoms. The number of fused-ring (bicyclic) bond motifs is 1. The third kappa shape index (κ3) is 3.98. The summed E-state index contributed by atoms with van der Waals surface area (Å²) in [5.74, 6) is 0.829. The van der Waals surface area contributed by atoms with E-state index in [-0.39, 0.29) is 5.78 Å². The number of benzene rings is 2. The zero-order valence-corrected chi connectivity index (χ0v) is 18.6. The lowest BCUT2D eigenvalue weighted by atomic mass is 9.94. The number of hydrogen-bond donors (Lipinski definition) is 0. The van der Waals surface area contributed by atoms with E-state index >= 15 is 0 Å². The minimum Gasteiger partial charge on any atom is -0.496 e. The van der Waals surface area contributed by atoms with Crippen molar-refractivity contribution in [2.24, 2.45) is 0 Å². The second kappa shape index (κ2) is 8.76. The lowest BCUT2D eigenvalue weighted by molar-refractivity contribution is 0.101.